The van der Waals surface area contributed by atoms with E-state index < -0.39 is 6.10 Å². The standard InChI is InChI=1S/C13H17NO/c1-8(15)10-6-5-7-11-12(10)13(3,4)9(2)14-11/h5-8,15H,1-4H3. The lowest BCUT2D eigenvalue weighted by Gasteiger charge is -2.24. The molecule has 1 heterocycles. The van der Waals surface area contributed by atoms with Gasteiger partial charge in [0.2, 0.25) is 0 Å². The lowest BCUT2D eigenvalue weighted by molar-refractivity contribution is 0.197. The summed E-state index contributed by atoms with van der Waals surface area (Å²) in [7, 11) is 0. The van der Waals surface area contributed by atoms with Gasteiger partial charge in [0.1, 0.15) is 0 Å². The van der Waals surface area contributed by atoms with E-state index in [1.54, 1.807) is 6.92 Å². The number of aliphatic imine (C=N–C) groups is 1. The molecule has 1 N–H and O–H groups in total. The average Bonchev–Trinajstić information content (AvgIpc) is 2.38. The fraction of sp³-hybridized carbons (Fsp3) is 0.462. The third kappa shape index (κ3) is 1.40. The van der Waals surface area contributed by atoms with E-state index in [1.807, 2.05) is 25.1 Å². The van der Waals surface area contributed by atoms with Gasteiger partial charge < -0.3 is 5.11 Å². The molecule has 0 spiro atoms. The van der Waals surface area contributed by atoms with Crippen LogP contribution in [0.25, 0.3) is 0 Å². The van der Waals surface area contributed by atoms with Crippen molar-refractivity contribution in [2.45, 2.75) is 39.2 Å². The highest BCUT2D eigenvalue weighted by molar-refractivity contribution is 6.00. The molecule has 80 valence electrons. The van der Waals surface area contributed by atoms with Gasteiger partial charge in [0.25, 0.3) is 0 Å². The van der Waals surface area contributed by atoms with E-state index in [2.05, 4.69) is 18.8 Å². The van der Waals surface area contributed by atoms with Crippen LogP contribution in [0, 0.1) is 0 Å². The van der Waals surface area contributed by atoms with Crippen LogP contribution < -0.4 is 0 Å². The third-order valence-corrected chi connectivity index (χ3v) is 3.34. The molecule has 0 aliphatic carbocycles. The first-order chi connectivity index (χ1) is 6.94. The fourth-order valence-electron chi connectivity index (χ4n) is 2.18. The zero-order valence-electron chi connectivity index (χ0n) is 9.70. The van der Waals surface area contributed by atoms with Gasteiger partial charge in [-0.05, 0) is 31.0 Å². The summed E-state index contributed by atoms with van der Waals surface area (Å²) in [5.74, 6) is 0. The molecule has 0 amide bonds. The molecule has 1 aromatic rings. The van der Waals surface area contributed by atoms with Gasteiger partial charge in [-0.1, -0.05) is 26.0 Å². The second-order valence-electron chi connectivity index (χ2n) is 4.74. The summed E-state index contributed by atoms with van der Waals surface area (Å²) in [6.07, 6.45) is -0.430. The smallest absolute Gasteiger partial charge is 0.0765 e. The number of hydrogen-bond donors (Lipinski definition) is 1. The first-order valence-corrected chi connectivity index (χ1v) is 5.32. The van der Waals surface area contributed by atoms with Gasteiger partial charge in [0.15, 0.2) is 0 Å². The fourth-order valence-corrected chi connectivity index (χ4v) is 2.18. The molecule has 15 heavy (non-hydrogen) atoms. The Kier molecular flexibility index (Phi) is 2.19. The first kappa shape index (κ1) is 10.4. The molecule has 0 saturated carbocycles. The predicted molar refractivity (Wildman–Crippen MR) is 62.9 cm³/mol. The van der Waals surface area contributed by atoms with Crippen molar-refractivity contribution in [3.63, 3.8) is 0 Å². The summed E-state index contributed by atoms with van der Waals surface area (Å²) >= 11 is 0. The first-order valence-electron chi connectivity index (χ1n) is 5.32. The molecule has 0 saturated heterocycles. The van der Waals surface area contributed by atoms with E-state index in [1.165, 1.54) is 5.56 Å². The van der Waals surface area contributed by atoms with Crippen molar-refractivity contribution in [3.05, 3.63) is 29.3 Å². The molecule has 1 aromatic carbocycles. The zero-order chi connectivity index (χ0) is 11.2. The predicted octanol–water partition coefficient (Wildman–Crippen LogP) is 3.12. The third-order valence-electron chi connectivity index (χ3n) is 3.34. The Hall–Kier alpha value is -1.15. The second kappa shape index (κ2) is 3.17. The van der Waals surface area contributed by atoms with Crippen LogP contribution in [0.3, 0.4) is 0 Å². The van der Waals surface area contributed by atoms with Crippen molar-refractivity contribution < 1.29 is 5.11 Å². The van der Waals surface area contributed by atoms with Crippen molar-refractivity contribution in [3.8, 4) is 0 Å². The summed E-state index contributed by atoms with van der Waals surface area (Å²) in [6.45, 7) is 8.16. The number of aliphatic hydroxyl groups is 1. The molecule has 0 bridgehead atoms. The highest BCUT2D eigenvalue weighted by atomic mass is 16.3. The Morgan fingerprint density at radius 2 is 2.00 bits per heavy atom. The average molecular weight is 203 g/mol. The summed E-state index contributed by atoms with van der Waals surface area (Å²) < 4.78 is 0. The number of nitrogens with zero attached hydrogens (tertiary/aromatic N) is 1. The van der Waals surface area contributed by atoms with Gasteiger partial charge in [-0.15, -0.1) is 0 Å². The maximum Gasteiger partial charge on any atom is 0.0765 e. The lowest BCUT2D eigenvalue weighted by atomic mass is 9.79. The molecule has 1 atom stereocenters. The Morgan fingerprint density at radius 1 is 1.33 bits per heavy atom. The quantitative estimate of drug-likeness (QED) is 0.747. The normalized spacial score (nSPS) is 19.7. The molecule has 1 aliphatic rings. The number of fused-ring (bicyclic) bond motifs is 1. The number of hydrogen-bond acceptors (Lipinski definition) is 2. The Labute approximate surface area is 90.7 Å². The SMILES string of the molecule is CC1=Nc2cccc(C(C)O)c2C1(C)C. The van der Waals surface area contributed by atoms with Crippen LogP contribution in [0.4, 0.5) is 5.69 Å². The van der Waals surface area contributed by atoms with Crippen molar-refractivity contribution in [1.29, 1.82) is 0 Å². The van der Waals surface area contributed by atoms with Crippen LogP contribution >= 0.6 is 0 Å². The molecule has 0 fully saturated rings. The van der Waals surface area contributed by atoms with Gasteiger partial charge in [0.05, 0.1) is 11.8 Å². The molecule has 0 aromatic heterocycles. The Morgan fingerprint density at radius 3 is 2.60 bits per heavy atom. The Balaban J connectivity index is 2.67. The molecule has 2 nitrogen and oxygen atoms in total. The van der Waals surface area contributed by atoms with E-state index in [9.17, 15) is 5.11 Å². The van der Waals surface area contributed by atoms with E-state index >= 15 is 0 Å². The van der Waals surface area contributed by atoms with Gasteiger partial charge in [0, 0.05) is 11.1 Å². The zero-order valence-corrected chi connectivity index (χ0v) is 9.70. The van der Waals surface area contributed by atoms with Crippen LogP contribution in [-0.2, 0) is 5.41 Å². The molecule has 2 rings (SSSR count). The summed E-state index contributed by atoms with van der Waals surface area (Å²) in [5.41, 5.74) is 4.25. The van der Waals surface area contributed by atoms with Crippen LogP contribution in [0.5, 0.6) is 0 Å². The number of aliphatic hydroxyl groups excluding tert-OH is 1. The highest BCUT2D eigenvalue weighted by Crippen LogP contribution is 2.43. The van der Waals surface area contributed by atoms with E-state index in [0.29, 0.717) is 0 Å². The van der Waals surface area contributed by atoms with Gasteiger partial charge in [-0.2, -0.15) is 0 Å². The van der Waals surface area contributed by atoms with E-state index in [-0.39, 0.29) is 5.41 Å². The molecule has 2 heteroatoms. The second-order valence-corrected chi connectivity index (χ2v) is 4.74. The van der Waals surface area contributed by atoms with Gasteiger partial charge in [-0.25, -0.2) is 0 Å². The van der Waals surface area contributed by atoms with Crippen molar-refractivity contribution in [1.82, 2.24) is 0 Å². The minimum absolute atomic E-state index is 0.0527. The minimum atomic E-state index is -0.430. The van der Waals surface area contributed by atoms with Crippen LogP contribution in [0.2, 0.25) is 0 Å². The summed E-state index contributed by atoms with van der Waals surface area (Å²) in [6, 6.07) is 5.96. The van der Waals surface area contributed by atoms with E-state index in [4.69, 9.17) is 0 Å². The van der Waals surface area contributed by atoms with Gasteiger partial charge in [-0.3, -0.25) is 4.99 Å². The molecule has 1 unspecified atom stereocenters. The van der Waals surface area contributed by atoms with Crippen LogP contribution in [-0.4, -0.2) is 10.8 Å². The van der Waals surface area contributed by atoms with E-state index in [0.717, 1.165) is 17.0 Å². The van der Waals surface area contributed by atoms with Crippen molar-refractivity contribution in [2.24, 2.45) is 4.99 Å². The largest absolute Gasteiger partial charge is 0.389 e. The summed E-state index contributed by atoms with van der Waals surface area (Å²) in [4.78, 5) is 4.55. The number of benzene rings is 1. The maximum absolute atomic E-state index is 9.76. The number of rotatable bonds is 1. The van der Waals surface area contributed by atoms with Crippen LogP contribution in [0.1, 0.15) is 44.9 Å². The van der Waals surface area contributed by atoms with Crippen molar-refractivity contribution >= 4 is 11.4 Å². The monoisotopic (exact) mass is 203 g/mol. The van der Waals surface area contributed by atoms with Crippen molar-refractivity contribution in [2.75, 3.05) is 0 Å². The minimum Gasteiger partial charge on any atom is -0.389 e. The van der Waals surface area contributed by atoms with Crippen LogP contribution in [0.15, 0.2) is 23.2 Å². The Bertz CT molecular complexity index is 430. The lowest BCUT2D eigenvalue weighted by Crippen LogP contribution is -2.24. The molecular formula is C13H17NO. The topological polar surface area (TPSA) is 32.6 Å². The summed E-state index contributed by atoms with van der Waals surface area (Å²) in [5, 5.41) is 9.76. The molecule has 1 aliphatic heterocycles. The van der Waals surface area contributed by atoms with Gasteiger partial charge >= 0.3 is 0 Å². The molecular weight excluding hydrogens is 186 g/mol. The highest BCUT2D eigenvalue weighted by Gasteiger charge is 2.34. The maximum atomic E-state index is 9.76. The molecule has 0 radical (unpaired) electrons.